The van der Waals surface area contributed by atoms with E-state index in [2.05, 4.69) is 26.1 Å². The van der Waals surface area contributed by atoms with Crippen LogP contribution in [0.5, 0.6) is 0 Å². The van der Waals surface area contributed by atoms with Gasteiger partial charge >= 0.3 is 0 Å². The Balaban J connectivity index is 2.61. The number of nitrogen functional groups attached to an aromatic ring is 1. The van der Waals surface area contributed by atoms with Crippen LogP contribution in [0.3, 0.4) is 0 Å². The summed E-state index contributed by atoms with van der Waals surface area (Å²) in [6, 6.07) is 6.36. The minimum Gasteiger partial charge on any atom is -0.382 e. The SMILES string of the molecule is Nc1cc(-c2c(F)cccc2Br)[nH]n1. The van der Waals surface area contributed by atoms with Crippen LogP contribution in [0.2, 0.25) is 0 Å². The van der Waals surface area contributed by atoms with Gasteiger partial charge in [0, 0.05) is 16.1 Å². The lowest BCUT2D eigenvalue weighted by Crippen LogP contribution is -1.85. The number of aromatic nitrogens is 2. The Hall–Kier alpha value is -1.36. The third kappa shape index (κ3) is 1.50. The van der Waals surface area contributed by atoms with Gasteiger partial charge in [-0.15, -0.1) is 0 Å². The van der Waals surface area contributed by atoms with Crippen molar-refractivity contribution in [1.29, 1.82) is 0 Å². The maximum atomic E-state index is 13.4. The third-order valence-corrected chi connectivity index (χ3v) is 2.49. The first-order valence-electron chi connectivity index (χ1n) is 3.94. The van der Waals surface area contributed by atoms with Crippen LogP contribution in [-0.2, 0) is 0 Å². The van der Waals surface area contributed by atoms with Crippen LogP contribution >= 0.6 is 15.9 Å². The molecule has 0 spiro atoms. The molecule has 0 unspecified atom stereocenters. The van der Waals surface area contributed by atoms with Crippen LogP contribution in [0.1, 0.15) is 0 Å². The van der Waals surface area contributed by atoms with Crippen molar-refractivity contribution in [2.75, 3.05) is 5.73 Å². The number of nitrogens with two attached hydrogens (primary N) is 1. The summed E-state index contributed by atoms with van der Waals surface area (Å²) in [7, 11) is 0. The van der Waals surface area contributed by atoms with Gasteiger partial charge in [0.1, 0.15) is 11.6 Å². The van der Waals surface area contributed by atoms with E-state index in [1.807, 2.05) is 0 Å². The topological polar surface area (TPSA) is 54.7 Å². The first kappa shape index (κ1) is 9.21. The molecule has 0 aliphatic rings. The number of aromatic amines is 1. The number of nitrogens with zero attached hydrogens (tertiary/aromatic N) is 1. The zero-order valence-corrected chi connectivity index (χ0v) is 8.68. The second kappa shape index (κ2) is 3.42. The first-order valence-corrected chi connectivity index (χ1v) is 4.73. The van der Waals surface area contributed by atoms with E-state index < -0.39 is 0 Å². The van der Waals surface area contributed by atoms with Gasteiger partial charge < -0.3 is 5.73 Å². The van der Waals surface area contributed by atoms with Crippen molar-refractivity contribution in [3.05, 3.63) is 34.6 Å². The fourth-order valence-electron chi connectivity index (χ4n) is 1.22. The lowest BCUT2D eigenvalue weighted by Gasteiger charge is -2.01. The minimum absolute atomic E-state index is 0.317. The van der Waals surface area contributed by atoms with Gasteiger partial charge in [-0.05, 0) is 28.1 Å². The van der Waals surface area contributed by atoms with Gasteiger partial charge in [-0.2, -0.15) is 5.10 Å². The summed E-state index contributed by atoms with van der Waals surface area (Å²) < 4.78 is 14.1. The van der Waals surface area contributed by atoms with Gasteiger partial charge in [-0.25, -0.2) is 4.39 Å². The molecule has 0 bridgehead atoms. The van der Waals surface area contributed by atoms with E-state index in [4.69, 9.17) is 5.73 Å². The van der Waals surface area contributed by atoms with Crippen LogP contribution < -0.4 is 5.73 Å². The fourth-order valence-corrected chi connectivity index (χ4v) is 1.78. The molecule has 1 aromatic heterocycles. The summed E-state index contributed by atoms with van der Waals surface area (Å²) in [5.41, 5.74) is 6.44. The van der Waals surface area contributed by atoms with E-state index in [-0.39, 0.29) is 5.82 Å². The number of rotatable bonds is 1. The summed E-state index contributed by atoms with van der Waals surface area (Å²) >= 11 is 3.26. The van der Waals surface area contributed by atoms with Gasteiger partial charge in [0.25, 0.3) is 0 Å². The van der Waals surface area contributed by atoms with Crippen molar-refractivity contribution in [1.82, 2.24) is 10.2 Å². The molecule has 72 valence electrons. The molecule has 3 N–H and O–H groups in total. The summed E-state index contributed by atoms with van der Waals surface area (Å²) in [5.74, 6) is 0.0261. The van der Waals surface area contributed by atoms with Crippen LogP contribution in [0, 0.1) is 5.82 Å². The zero-order chi connectivity index (χ0) is 10.1. The fraction of sp³-hybridized carbons (Fsp3) is 0. The molecule has 0 saturated heterocycles. The highest BCUT2D eigenvalue weighted by molar-refractivity contribution is 9.10. The Morgan fingerprint density at radius 1 is 1.43 bits per heavy atom. The van der Waals surface area contributed by atoms with Gasteiger partial charge in [-0.1, -0.05) is 6.07 Å². The molecule has 0 atom stereocenters. The lowest BCUT2D eigenvalue weighted by molar-refractivity contribution is 0.630. The maximum absolute atomic E-state index is 13.4. The van der Waals surface area contributed by atoms with E-state index in [9.17, 15) is 4.39 Å². The van der Waals surface area contributed by atoms with E-state index in [1.54, 1.807) is 18.2 Å². The van der Waals surface area contributed by atoms with Gasteiger partial charge in [-0.3, -0.25) is 5.10 Å². The number of benzene rings is 1. The van der Waals surface area contributed by atoms with Crippen molar-refractivity contribution in [2.45, 2.75) is 0 Å². The highest BCUT2D eigenvalue weighted by atomic mass is 79.9. The summed E-state index contributed by atoms with van der Waals surface area (Å²) in [6.07, 6.45) is 0. The molecular weight excluding hydrogens is 249 g/mol. The molecule has 1 aromatic carbocycles. The maximum Gasteiger partial charge on any atom is 0.145 e. The smallest absolute Gasteiger partial charge is 0.145 e. The van der Waals surface area contributed by atoms with Crippen LogP contribution in [0.4, 0.5) is 10.2 Å². The Bertz CT molecular complexity index is 447. The highest BCUT2D eigenvalue weighted by Crippen LogP contribution is 2.29. The van der Waals surface area contributed by atoms with Gasteiger partial charge in [0.15, 0.2) is 0 Å². The predicted molar refractivity (Wildman–Crippen MR) is 56.1 cm³/mol. The molecule has 0 radical (unpaired) electrons. The molecule has 0 aliphatic heterocycles. The van der Waals surface area contributed by atoms with E-state index >= 15 is 0 Å². The number of hydrogen-bond acceptors (Lipinski definition) is 2. The summed E-state index contributed by atoms with van der Waals surface area (Å²) in [5, 5.41) is 6.40. The molecule has 5 heteroatoms. The van der Waals surface area contributed by atoms with Crippen molar-refractivity contribution >= 4 is 21.7 Å². The third-order valence-electron chi connectivity index (χ3n) is 1.83. The van der Waals surface area contributed by atoms with Gasteiger partial charge in [0.05, 0.1) is 5.69 Å². The van der Waals surface area contributed by atoms with Crippen LogP contribution in [0.15, 0.2) is 28.7 Å². The summed E-state index contributed by atoms with van der Waals surface area (Å²) in [6.45, 7) is 0. The Labute approximate surface area is 88.3 Å². The molecule has 0 amide bonds. The number of H-pyrrole nitrogens is 1. The Morgan fingerprint density at radius 3 is 2.79 bits per heavy atom. The van der Waals surface area contributed by atoms with Crippen LogP contribution in [-0.4, -0.2) is 10.2 Å². The van der Waals surface area contributed by atoms with Crippen LogP contribution in [0.25, 0.3) is 11.3 Å². The second-order valence-electron chi connectivity index (χ2n) is 2.80. The largest absolute Gasteiger partial charge is 0.382 e. The minimum atomic E-state index is -0.317. The average molecular weight is 256 g/mol. The summed E-state index contributed by atoms with van der Waals surface area (Å²) in [4.78, 5) is 0. The molecule has 3 nitrogen and oxygen atoms in total. The average Bonchev–Trinajstić information content (AvgIpc) is 2.51. The lowest BCUT2D eigenvalue weighted by atomic mass is 10.1. The quantitative estimate of drug-likeness (QED) is 0.823. The molecule has 0 saturated carbocycles. The molecule has 0 fully saturated rings. The monoisotopic (exact) mass is 255 g/mol. The molecular formula is C9H7BrFN3. The van der Waals surface area contributed by atoms with Crippen molar-refractivity contribution in [3.8, 4) is 11.3 Å². The Morgan fingerprint density at radius 2 is 2.21 bits per heavy atom. The predicted octanol–water partition coefficient (Wildman–Crippen LogP) is 2.56. The van der Waals surface area contributed by atoms with E-state index in [1.165, 1.54) is 6.07 Å². The van der Waals surface area contributed by atoms with E-state index in [0.717, 1.165) is 0 Å². The number of hydrogen-bond donors (Lipinski definition) is 2. The normalized spacial score (nSPS) is 10.4. The molecule has 1 heterocycles. The zero-order valence-electron chi connectivity index (χ0n) is 7.09. The van der Waals surface area contributed by atoms with Gasteiger partial charge in [0.2, 0.25) is 0 Å². The van der Waals surface area contributed by atoms with Crippen molar-refractivity contribution < 1.29 is 4.39 Å². The highest BCUT2D eigenvalue weighted by Gasteiger charge is 2.10. The number of nitrogens with one attached hydrogen (secondary N) is 1. The van der Waals surface area contributed by atoms with E-state index in [0.29, 0.717) is 21.5 Å². The molecule has 2 aromatic rings. The standard InChI is InChI=1S/C9H7BrFN3/c10-5-2-1-3-6(11)9(5)7-4-8(12)14-13-7/h1-4H,(H3,12,13,14). The van der Waals surface area contributed by atoms with Crippen molar-refractivity contribution in [2.24, 2.45) is 0 Å². The first-order chi connectivity index (χ1) is 6.68. The molecule has 2 rings (SSSR count). The second-order valence-corrected chi connectivity index (χ2v) is 3.66. The number of anilines is 1. The Kier molecular flexibility index (Phi) is 2.25. The van der Waals surface area contributed by atoms with Crippen molar-refractivity contribution in [3.63, 3.8) is 0 Å². The number of halogens is 2. The molecule has 0 aliphatic carbocycles. The molecule has 14 heavy (non-hydrogen) atoms.